The van der Waals surface area contributed by atoms with E-state index in [9.17, 15) is 0 Å². The third-order valence-corrected chi connectivity index (χ3v) is 4.54. The lowest BCUT2D eigenvalue weighted by molar-refractivity contribution is 0.415. The largest absolute Gasteiger partial charge is 0.497 e. The number of hydrogen-bond donors (Lipinski definition) is 3. The lowest BCUT2D eigenvalue weighted by atomic mass is 10.2. The molecule has 0 fully saturated rings. The molecule has 9 nitrogen and oxygen atoms in total. The summed E-state index contributed by atoms with van der Waals surface area (Å²) in [6.07, 6.45) is 1.64. The zero-order valence-corrected chi connectivity index (χ0v) is 17.3. The maximum Gasteiger partial charge on any atom is 0.226 e. The molecule has 0 radical (unpaired) electrons. The maximum atomic E-state index is 5.56. The summed E-state index contributed by atoms with van der Waals surface area (Å²) in [6, 6.07) is 17.4. The van der Waals surface area contributed by atoms with E-state index in [4.69, 9.17) is 9.15 Å². The molecule has 31 heavy (non-hydrogen) atoms. The van der Waals surface area contributed by atoms with Crippen LogP contribution in [-0.4, -0.2) is 40.3 Å². The van der Waals surface area contributed by atoms with Crippen LogP contribution in [0.4, 0.5) is 0 Å². The van der Waals surface area contributed by atoms with Crippen LogP contribution < -0.4 is 15.4 Å². The third kappa shape index (κ3) is 5.08. The standard InChI is InChI=1S/C22H23N7O2/c1-23-22(24-12-17-14-31-21(26-17)16-6-4-3-5-7-16)25-13-19-27-20(29-28-19)15-8-10-18(30-2)11-9-15/h3-11,14H,12-13H2,1-2H3,(H2,23,24,25)(H,27,28,29). The van der Waals surface area contributed by atoms with Crippen molar-refractivity contribution >= 4 is 5.96 Å². The number of nitrogens with one attached hydrogen (secondary N) is 3. The second-order valence-corrected chi connectivity index (χ2v) is 6.62. The smallest absolute Gasteiger partial charge is 0.226 e. The van der Waals surface area contributed by atoms with Crippen molar-refractivity contribution in [3.8, 4) is 28.6 Å². The highest BCUT2D eigenvalue weighted by atomic mass is 16.5. The average molecular weight is 417 g/mol. The molecule has 0 amide bonds. The van der Waals surface area contributed by atoms with Crippen molar-refractivity contribution < 1.29 is 9.15 Å². The van der Waals surface area contributed by atoms with Gasteiger partial charge in [-0.3, -0.25) is 10.1 Å². The highest BCUT2D eigenvalue weighted by Gasteiger charge is 2.09. The Bertz CT molecular complexity index is 1130. The number of ether oxygens (including phenoxy) is 1. The van der Waals surface area contributed by atoms with Crippen molar-refractivity contribution in [3.63, 3.8) is 0 Å². The topological polar surface area (TPSA) is 113 Å². The number of guanidine groups is 1. The number of hydrogen-bond acceptors (Lipinski definition) is 6. The number of nitrogens with zero attached hydrogens (tertiary/aromatic N) is 4. The molecule has 0 aliphatic rings. The fourth-order valence-electron chi connectivity index (χ4n) is 2.91. The summed E-state index contributed by atoms with van der Waals surface area (Å²) < 4.78 is 10.7. The van der Waals surface area contributed by atoms with Crippen LogP contribution in [0.3, 0.4) is 0 Å². The van der Waals surface area contributed by atoms with Gasteiger partial charge < -0.3 is 19.8 Å². The Balaban J connectivity index is 1.30. The molecule has 0 aliphatic heterocycles. The predicted octanol–water partition coefficient (Wildman–Crippen LogP) is 3.00. The van der Waals surface area contributed by atoms with E-state index in [0.29, 0.717) is 36.6 Å². The first kappa shape index (κ1) is 20.1. The molecule has 0 bridgehead atoms. The molecule has 0 saturated heterocycles. The summed E-state index contributed by atoms with van der Waals surface area (Å²) in [6.45, 7) is 0.917. The lowest BCUT2D eigenvalue weighted by Gasteiger charge is -2.09. The summed E-state index contributed by atoms with van der Waals surface area (Å²) in [4.78, 5) is 13.2. The van der Waals surface area contributed by atoms with Gasteiger partial charge in [-0.25, -0.2) is 9.97 Å². The normalized spacial score (nSPS) is 11.4. The second kappa shape index (κ2) is 9.57. The number of aromatic amines is 1. The molecule has 0 aliphatic carbocycles. The van der Waals surface area contributed by atoms with Gasteiger partial charge in [-0.2, -0.15) is 5.10 Å². The number of H-pyrrole nitrogens is 1. The van der Waals surface area contributed by atoms with Crippen LogP contribution in [0.2, 0.25) is 0 Å². The number of aromatic nitrogens is 4. The zero-order chi connectivity index (χ0) is 21.5. The van der Waals surface area contributed by atoms with Gasteiger partial charge in [0, 0.05) is 18.2 Å². The summed E-state index contributed by atoms with van der Waals surface area (Å²) in [5, 5.41) is 13.6. The lowest BCUT2D eigenvalue weighted by Crippen LogP contribution is -2.36. The van der Waals surface area contributed by atoms with Crippen molar-refractivity contribution in [2.75, 3.05) is 14.2 Å². The van der Waals surface area contributed by atoms with Gasteiger partial charge in [0.25, 0.3) is 0 Å². The summed E-state index contributed by atoms with van der Waals surface area (Å²) in [5.74, 6) is 3.32. The van der Waals surface area contributed by atoms with Gasteiger partial charge in [-0.15, -0.1) is 0 Å². The van der Waals surface area contributed by atoms with Crippen molar-refractivity contribution in [1.29, 1.82) is 0 Å². The highest BCUT2D eigenvalue weighted by Crippen LogP contribution is 2.19. The molecule has 3 N–H and O–H groups in total. The predicted molar refractivity (Wildman–Crippen MR) is 117 cm³/mol. The van der Waals surface area contributed by atoms with Crippen molar-refractivity contribution in [2.24, 2.45) is 4.99 Å². The van der Waals surface area contributed by atoms with E-state index in [0.717, 1.165) is 22.6 Å². The van der Waals surface area contributed by atoms with Crippen molar-refractivity contribution in [3.05, 3.63) is 72.4 Å². The van der Waals surface area contributed by atoms with Gasteiger partial charge in [-0.1, -0.05) is 18.2 Å². The van der Waals surface area contributed by atoms with E-state index in [1.54, 1.807) is 20.4 Å². The van der Waals surface area contributed by atoms with Crippen molar-refractivity contribution in [2.45, 2.75) is 13.1 Å². The minimum atomic E-state index is 0.441. The fourth-order valence-corrected chi connectivity index (χ4v) is 2.91. The molecule has 2 aromatic carbocycles. The first-order chi connectivity index (χ1) is 15.2. The van der Waals surface area contributed by atoms with Crippen LogP contribution in [0.1, 0.15) is 11.5 Å². The molecule has 4 aromatic rings. The Morgan fingerprint density at radius 2 is 1.77 bits per heavy atom. The SMILES string of the molecule is CN=C(NCc1coc(-c2ccccc2)n1)NCc1nc(-c2ccc(OC)cc2)n[nH]1. The monoisotopic (exact) mass is 417 g/mol. The fraction of sp³-hybridized carbons (Fsp3) is 0.182. The van der Waals surface area contributed by atoms with E-state index < -0.39 is 0 Å². The Labute approximate surface area is 179 Å². The van der Waals surface area contributed by atoms with E-state index in [2.05, 4.69) is 35.8 Å². The van der Waals surface area contributed by atoms with Crippen LogP contribution in [-0.2, 0) is 13.1 Å². The van der Waals surface area contributed by atoms with Gasteiger partial charge in [-0.05, 0) is 36.4 Å². The first-order valence-corrected chi connectivity index (χ1v) is 9.75. The van der Waals surface area contributed by atoms with E-state index in [1.165, 1.54) is 0 Å². The van der Waals surface area contributed by atoms with Gasteiger partial charge in [0.05, 0.1) is 25.9 Å². The van der Waals surface area contributed by atoms with Crippen LogP contribution in [0.15, 0.2) is 70.3 Å². The van der Waals surface area contributed by atoms with E-state index in [1.807, 2.05) is 54.6 Å². The molecule has 0 saturated carbocycles. The molecule has 158 valence electrons. The van der Waals surface area contributed by atoms with E-state index >= 15 is 0 Å². The molecule has 0 atom stereocenters. The maximum absolute atomic E-state index is 5.56. The molecule has 0 spiro atoms. The molecule has 2 aromatic heterocycles. The molecular weight excluding hydrogens is 394 g/mol. The number of oxazole rings is 1. The van der Waals surface area contributed by atoms with Crippen LogP contribution in [0.5, 0.6) is 5.75 Å². The first-order valence-electron chi connectivity index (χ1n) is 9.75. The third-order valence-electron chi connectivity index (χ3n) is 4.54. The van der Waals surface area contributed by atoms with Gasteiger partial charge in [0.1, 0.15) is 17.8 Å². The summed E-state index contributed by atoms with van der Waals surface area (Å²) in [5.41, 5.74) is 2.63. The Hall–Kier alpha value is -4.14. The second-order valence-electron chi connectivity index (χ2n) is 6.62. The zero-order valence-electron chi connectivity index (χ0n) is 17.3. The summed E-state index contributed by atoms with van der Waals surface area (Å²) >= 11 is 0. The number of benzene rings is 2. The van der Waals surface area contributed by atoms with Crippen LogP contribution >= 0.6 is 0 Å². The van der Waals surface area contributed by atoms with Crippen molar-refractivity contribution in [1.82, 2.24) is 30.8 Å². The molecular formula is C22H23N7O2. The van der Waals surface area contributed by atoms with E-state index in [-0.39, 0.29) is 0 Å². The highest BCUT2D eigenvalue weighted by molar-refractivity contribution is 5.79. The number of rotatable bonds is 7. The van der Waals surface area contributed by atoms with Gasteiger partial charge in [0.2, 0.25) is 5.89 Å². The Kier molecular flexibility index (Phi) is 6.22. The van der Waals surface area contributed by atoms with Crippen LogP contribution in [0, 0.1) is 0 Å². The molecule has 4 rings (SSSR count). The summed E-state index contributed by atoms with van der Waals surface area (Å²) in [7, 11) is 3.34. The Morgan fingerprint density at radius 3 is 2.52 bits per heavy atom. The minimum absolute atomic E-state index is 0.441. The number of aliphatic imine (C=N–C) groups is 1. The molecule has 2 heterocycles. The molecule has 0 unspecified atom stereocenters. The molecule has 9 heteroatoms. The quantitative estimate of drug-likeness (QED) is 0.313. The van der Waals surface area contributed by atoms with Gasteiger partial charge in [0.15, 0.2) is 11.8 Å². The minimum Gasteiger partial charge on any atom is -0.497 e. The average Bonchev–Trinajstić information content (AvgIpc) is 3.50. The Morgan fingerprint density at radius 1 is 1.00 bits per heavy atom. The van der Waals surface area contributed by atoms with Gasteiger partial charge >= 0.3 is 0 Å². The number of methoxy groups -OCH3 is 1. The van der Waals surface area contributed by atoms with Crippen LogP contribution in [0.25, 0.3) is 22.8 Å².